The molecular formula is C16H14O. The Balaban J connectivity index is 2.87. The van der Waals surface area contributed by atoms with Crippen molar-refractivity contribution in [1.82, 2.24) is 0 Å². The fourth-order valence-electron chi connectivity index (χ4n) is 2.26. The Morgan fingerprint density at radius 2 is 2.12 bits per heavy atom. The summed E-state index contributed by atoms with van der Waals surface area (Å²) < 4.78 is 0. The second-order valence-corrected chi connectivity index (χ2v) is 4.00. The van der Waals surface area contributed by atoms with Crippen LogP contribution >= 0.6 is 0 Å². The van der Waals surface area contributed by atoms with Crippen LogP contribution in [0.3, 0.4) is 0 Å². The van der Waals surface area contributed by atoms with E-state index in [1.54, 1.807) is 0 Å². The molecule has 0 heterocycles. The summed E-state index contributed by atoms with van der Waals surface area (Å²) in [5, 5.41) is 2.09. The lowest BCUT2D eigenvalue weighted by Crippen LogP contribution is -1.96. The summed E-state index contributed by atoms with van der Waals surface area (Å²) in [7, 11) is 0. The number of hydrogen-bond acceptors (Lipinski definition) is 1. The molecule has 0 saturated heterocycles. The molecule has 0 unspecified atom stereocenters. The molecule has 0 spiro atoms. The van der Waals surface area contributed by atoms with Crippen LogP contribution in [0.5, 0.6) is 0 Å². The molecule has 0 N–H and O–H groups in total. The molecule has 0 fully saturated rings. The molecule has 1 heteroatoms. The lowest BCUT2D eigenvalue weighted by Gasteiger charge is -2.11. The maximum Gasteiger partial charge on any atom is 0.150 e. The first-order valence-corrected chi connectivity index (χ1v) is 5.74. The van der Waals surface area contributed by atoms with Crippen LogP contribution in [0.15, 0.2) is 30.3 Å². The Kier molecular flexibility index (Phi) is 3.25. The number of carbonyl (C=O) groups is 1. The van der Waals surface area contributed by atoms with Crippen LogP contribution in [0.2, 0.25) is 0 Å². The Hall–Kier alpha value is -2.07. The van der Waals surface area contributed by atoms with Crippen molar-refractivity contribution in [2.45, 2.75) is 19.8 Å². The maximum atomic E-state index is 11.1. The highest BCUT2D eigenvalue weighted by Gasteiger charge is 2.09. The molecule has 0 radical (unpaired) electrons. The molecule has 0 saturated carbocycles. The molecule has 0 bridgehead atoms. The summed E-state index contributed by atoms with van der Waals surface area (Å²) in [4.78, 5) is 11.1. The zero-order chi connectivity index (χ0) is 12.3. The largest absolute Gasteiger partial charge is 0.298 e. The highest BCUT2D eigenvalue weighted by atomic mass is 16.1. The van der Waals surface area contributed by atoms with Gasteiger partial charge in [0, 0.05) is 12.0 Å². The summed E-state index contributed by atoms with van der Waals surface area (Å²) >= 11 is 0. The predicted octanol–water partition coefficient (Wildman–Crippen LogP) is 3.39. The van der Waals surface area contributed by atoms with Crippen LogP contribution < -0.4 is 0 Å². The van der Waals surface area contributed by atoms with E-state index in [0.29, 0.717) is 6.42 Å². The van der Waals surface area contributed by atoms with Gasteiger partial charge in [0.2, 0.25) is 0 Å². The zero-order valence-electron chi connectivity index (χ0n) is 9.86. The van der Waals surface area contributed by atoms with Crippen LogP contribution in [0, 0.1) is 12.3 Å². The molecule has 84 valence electrons. The smallest absolute Gasteiger partial charge is 0.150 e. The quantitative estimate of drug-likeness (QED) is 0.574. The Labute approximate surface area is 101 Å². The van der Waals surface area contributed by atoms with Crippen LogP contribution in [-0.2, 0) is 12.8 Å². The highest BCUT2D eigenvalue weighted by molar-refractivity contribution is 6.00. The van der Waals surface area contributed by atoms with E-state index in [4.69, 9.17) is 6.42 Å². The summed E-state index contributed by atoms with van der Waals surface area (Å²) in [5.41, 5.74) is 3.07. The molecule has 2 rings (SSSR count). The van der Waals surface area contributed by atoms with Gasteiger partial charge in [0.1, 0.15) is 0 Å². The van der Waals surface area contributed by atoms with E-state index >= 15 is 0 Å². The fourth-order valence-corrected chi connectivity index (χ4v) is 2.26. The van der Waals surface area contributed by atoms with E-state index in [-0.39, 0.29) is 0 Å². The van der Waals surface area contributed by atoms with Crippen LogP contribution in [0.25, 0.3) is 10.8 Å². The Bertz CT molecular complexity index is 603. The molecule has 0 atom stereocenters. The van der Waals surface area contributed by atoms with Gasteiger partial charge in [-0.25, -0.2) is 0 Å². The molecule has 2 aromatic carbocycles. The second kappa shape index (κ2) is 4.84. The van der Waals surface area contributed by atoms with Crippen molar-refractivity contribution in [1.29, 1.82) is 0 Å². The van der Waals surface area contributed by atoms with Gasteiger partial charge in [-0.15, -0.1) is 12.3 Å². The van der Waals surface area contributed by atoms with Crippen LogP contribution in [-0.4, -0.2) is 6.29 Å². The Morgan fingerprint density at radius 3 is 2.76 bits per heavy atom. The van der Waals surface area contributed by atoms with Crippen molar-refractivity contribution in [2.24, 2.45) is 0 Å². The highest BCUT2D eigenvalue weighted by Crippen LogP contribution is 2.26. The number of hydrogen-bond donors (Lipinski definition) is 0. The third kappa shape index (κ3) is 1.94. The SMILES string of the molecule is C#CCc1c(CC)ccc2cccc(C=O)c12. The number of rotatable bonds is 3. The van der Waals surface area contributed by atoms with Crippen LogP contribution in [0.1, 0.15) is 28.4 Å². The van der Waals surface area contributed by atoms with E-state index in [1.807, 2.05) is 18.2 Å². The number of terminal acetylenes is 1. The van der Waals surface area contributed by atoms with Gasteiger partial charge in [-0.1, -0.05) is 37.3 Å². The van der Waals surface area contributed by atoms with Crippen molar-refractivity contribution < 1.29 is 4.79 Å². The molecule has 0 aliphatic carbocycles. The normalized spacial score (nSPS) is 10.1. The van der Waals surface area contributed by atoms with E-state index < -0.39 is 0 Å². The van der Waals surface area contributed by atoms with E-state index in [1.165, 1.54) is 5.56 Å². The summed E-state index contributed by atoms with van der Waals surface area (Å²) in [5.74, 6) is 2.69. The number of aldehydes is 1. The van der Waals surface area contributed by atoms with Gasteiger partial charge < -0.3 is 0 Å². The summed E-state index contributed by atoms with van der Waals surface area (Å²) in [6.45, 7) is 2.10. The molecule has 0 aromatic heterocycles. The number of carbonyl (C=O) groups excluding carboxylic acids is 1. The third-order valence-electron chi connectivity index (χ3n) is 3.07. The lowest BCUT2D eigenvalue weighted by molar-refractivity contribution is 0.112. The van der Waals surface area contributed by atoms with E-state index in [0.717, 1.165) is 34.6 Å². The average molecular weight is 222 g/mol. The first-order chi connectivity index (χ1) is 8.31. The first-order valence-electron chi connectivity index (χ1n) is 5.74. The standard InChI is InChI=1S/C16H14O/c1-3-6-15-12(4-2)9-10-13-7-5-8-14(11-17)16(13)15/h1,5,7-11H,4,6H2,2H3. The van der Waals surface area contributed by atoms with Gasteiger partial charge in [-0.05, 0) is 28.3 Å². The first kappa shape index (κ1) is 11.4. The summed E-state index contributed by atoms with van der Waals surface area (Å²) in [6.07, 6.45) is 7.84. The molecule has 17 heavy (non-hydrogen) atoms. The average Bonchev–Trinajstić information content (AvgIpc) is 2.38. The zero-order valence-corrected chi connectivity index (χ0v) is 9.86. The van der Waals surface area contributed by atoms with Crippen molar-refractivity contribution in [3.8, 4) is 12.3 Å². The van der Waals surface area contributed by atoms with Crippen molar-refractivity contribution in [2.75, 3.05) is 0 Å². The van der Waals surface area contributed by atoms with Gasteiger partial charge in [0.25, 0.3) is 0 Å². The van der Waals surface area contributed by atoms with Gasteiger partial charge in [-0.3, -0.25) is 4.79 Å². The number of aryl methyl sites for hydroxylation is 1. The van der Waals surface area contributed by atoms with Gasteiger partial charge in [-0.2, -0.15) is 0 Å². The molecule has 0 aliphatic rings. The molecule has 1 nitrogen and oxygen atoms in total. The topological polar surface area (TPSA) is 17.1 Å². The monoisotopic (exact) mass is 222 g/mol. The molecular weight excluding hydrogens is 208 g/mol. The van der Waals surface area contributed by atoms with Crippen molar-refractivity contribution in [3.63, 3.8) is 0 Å². The van der Waals surface area contributed by atoms with Crippen LogP contribution in [0.4, 0.5) is 0 Å². The van der Waals surface area contributed by atoms with E-state index in [2.05, 4.69) is 25.0 Å². The van der Waals surface area contributed by atoms with Gasteiger partial charge in [0.15, 0.2) is 6.29 Å². The van der Waals surface area contributed by atoms with Gasteiger partial charge in [0.05, 0.1) is 0 Å². The third-order valence-corrected chi connectivity index (χ3v) is 3.07. The fraction of sp³-hybridized carbons (Fsp3) is 0.188. The predicted molar refractivity (Wildman–Crippen MR) is 71.3 cm³/mol. The Morgan fingerprint density at radius 1 is 1.29 bits per heavy atom. The van der Waals surface area contributed by atoms with Crippen molar-refractivity contribution >= 4 is 17.1 Å². The molecule has 0 aliphatic heterocycles. The maximum absolute atomic E-state index is 11.1. The minimum absolute atomic E-state index is 0.575. The lowest BCUT2D eigenvalue weighted by atomic mass is 9.92. The second-order valence-electron chi connectivity index (χ2n) is 4.00. The molecule has 2 aromatic rings. The molecule has 0 amide bonds. The number of benzene rings is 2. The van der Waals surface area contributed by atoms with E-state index in [9.17, 15) is 4.79 Å². The minimum Gasteiger partial charge on any atom is -0.298 e. The summed E-state index contributed by atoms with van der Waals surface area (Å²) in [6, 6.07) is 9.92. The van der Waals surface area contributed by atoms with Crippen molar-refractivity contribution in [3.05, 3.63) is 47.0 Å². The minimum atomic E-state index is 0.575. The number of fused-ring (bicyclic) bond motifs is 1. The van der Waals surface area contributed by atoms with Gasteiger partial charge >= 0.3 is 0 Å².